The van der Waals surface area contributed by atoms with Crippen molar-refractivity contribution in [3.8, 4) is 0 Å². The molecular formula is C15H23FN2O2S. The van der Waals surface area contributed by atoms with Gasteiger partial charge < -0.3 is 4.90 Å². The average Bonchev–Trinajstić information content (AvgIpc) is 2.47. The molecule has 1 aromatic rings. The van der Waals surface area contributed by atoms with Crippen LogP contribution >= 0.6 is 0 Å². The zero-order chi connectivity index (χ0) is 15.3. The molecule has 2 rings (SSSR count). The summed E-state index contributed by atoms with van der Waals surface area (Å²) in [6.45, 7) is 5.39. The molecule has 1 unspecified atom stereocenters. The van der Waals surface area contributed by atoms with E-state index in [1.807, 2.05) is 6.92 Å². The van der Waals surface area contributed by atoms with Crippen LogP contribution in [0.1, 0.15) is 26.2 Å². The van der Waals surface area contributed by atoms with Gasteiger partial charge in [-0.15, -0.1) is 0 Å². The molecule has 0 bridgehead atoms. The van der Waals surface area contributed by atoms with Gasteiger partial charge in [-0.25, -0.2) is 17.5 Å². The van der Waals surface area contributed by atoms with Crippen LogP contribution in [-0.4, -0.2) is 39.5 Å². The van der Waals surface area contributed by atoms with E-state index in [-0.39, 0.29) is 10.8 Å². The number of hydrogen-bond acceptors (Lipinski definition) is 3. The van der Waals surface area contributed by atoms with Gasteiger partial charge in [0.2, 0.25) is 10.0 Å². The summed E-state index contributed by atoms with van der Waals surface area (Å²) in [5.74, 6) is -0.515. The standard InChI is InChI=1S/C15H23FN2O2S/c1-13(12-18-9-5-2-6-10-18)11-17-21(19,20)15-8-4-3-7-14(15)16/h3-4,7-8,13,17H,2,5-6,9-12H2,1H3. The molecule has 1 N–H and O–H groups in total. The van der Waals surface area contributed by atoms with E-state index in [0.29, 0.717) is 6.54 Å². The van der Waals surface area contributed by atoms with E-state index in [0.717, 1.165) is 25.7 Å². The smallest absolute Gasteiger partial charge is 0.243 e. The molecule has 0 amide bonds. The van der Waals surface area contributed by atoms with Crippen molar-refractivity contribution >= 4 is 10.0 Å². The van der Waals surface area contributed by atoms with E-state index >= 15 is 0 Å². The number of nitrogens with zero attached hydrogens (tertiary/aromatic N) is 1. The van der Waals surface area contributed by atoms with Crippen molar-refractivity contribution in [1.82, 2.24) is 9.62 Å². The van der Waals surface area contributed by atoms with Crippen LogP contribution in [0, 0.1) is 11.7 Å². The maximum Gasteiger partial charge on any atom is 0.243 e. The second-order valence-electron chi connectivity index (χ2n) is 5.75. The van der Waals surface area contributed by atoms with Crippen LogP contribution in [0.5, 0.6) is 0 Å². The Bertz CT molecular complexity index is 557. The molecule has 1 aromatic carbocycles. The fourth-order valence-corrected chi connectivity index (χ4v) is 3.88. The van der Waals surface area contributed by atoms with Crippen LogP contribution in [0.4, 0.5) is 4.39 Å². The third-order valence-corrected chi connectivity index (χ3v) is 5.22. The fourth-order valence-electron chi connectivity index (χ4n) is 2.64. The zero-order valence-corrected chi connectivity index (χ0v) is 13.2. The minimum atomic E-state index is -3.77. The molecule has 6 heteroatoms. The van der Waals surface area contributed by atoms with E-state index in [4.69, 9.17) is 0 Å². The maximum absolute atomic E-state index is 13.6. The molecule has 1 saturated heterocycles. The average molecular weight is 314 g/mol. The summed E-state index contributed by atoms with van der Waals surface area (Å²) >= 11 is 0. The maximum atomic E-state index is 13.6. The highest BCUT2D eigenvalue weighted by Gasteiger charge is 2.20. The fraction of sp³-hybridized carbons (Fsp3) is 0.600. The van der Waals surface area contributed by atoms with Crippen LogP contribution in [0.3, 0.4) is 0 Å². The predicted molar refractivity (Wildman–Crippen MR) is 81.0 cm³/mol. The highest BCUT2D eigenvalue weighted by molar-refractivity contribution is 7.89. The molecule has 1 aliphatic rings. The molecule has 1 heterocycles. The van der Waals surface area contributed by atoms with Gasteiger partial charge in [0.15, 0.2) is 0 Å². The first-order chi connectivity index (χ1) is 9.99. The SMILES string of the molecule is CC(CNS(=O)(=O)c1ccccc1F)CN1CCCCC1. The summed E-state index contributed by atoms with van der Waals surface area (Å²) in [7, 11) is -3.77. The largest absolute Gasteiger partial charge is 0.303 e. The Morgan fingerprint density at radius 2 is 1.90 bits per heavy atom. The van der Waals surface area contributed by atoms with Gasteiger partial charge in [-0.2, -0.15) is 0 Å². The first-order valence-corrected chi connectivity index (χ1v) is 8.94. The van der Waals surface area contributed by atoms with Gasteiger partial charge in [0.25, 0.3) is 0 Å². The van der Waals surface area contributed by atoms with Crippen LogP contribution in [0.15, 0.2) is 29.2 Å². The van der Waals surface area contributed by atoms with E-state index < -0.39 is 15.8 Å². The Morgan fingerprint density at radius 3 is 2.57 bits per heavy atom. The lowest BCUT2D eigenvalue weighted by Crippen LogP contribution is -2.38. The Kier molecular flexibility index (Phi) is 5.72. The Morgan fingerprint density at radius 1 is 1.24 bits per heavy atom. The number of hydrogen-bond donors (Lipinski definition) is 1. The minimum absolute atomic E-state index is 0.199. The van der Waals surface area contributed by atoms with Gasteiger partial charge in [0.05, 0.1) is 0 Å². The van der Waals surface area contributed by atoms with Crippen molar-refractivity contribution in [2.45, 2.75) is 31.1 Å². The summed E-state index contributed by atoms with van der Waals surface area (Å²) in [5.41, 5.74) is 0. The lowest BCUT2D eigenvalue weighted by atomic mass is 10.1. The predicted octanol–water partition coefficient (Wildman–Crippen LogP) is 2.23. The molecule has 0 spiro atoms. The van der Waals surface area contributed by atoms with Crippen molar-refractivity contribution in [2.75, 3.05) is 26.2 Å². The van der Waals surface area contributed by atoms with E-state index in [9.17, 15) is 12.8 Å². The second kappa shape index (κ2) is 7.33. The number of benzene rings is 1. The first-order valence-electron chi connectivity index (χ1n) is 7.45. The van der Waals surface area contributed by atoms with Crippen LogP contribution in [0.25, 0.3) is 0 Å². The molecule has 4 nitrogen and oxygen atoms in total. The van der Waals surface area contributed by atoms with Gasteiger partial charge in [0, 0.05) is 13.1 Å². The molecule has 1 aliphatic heterocycles. The zero-order valence-electron chi connectivity index (χ0n) is 12.4. The van der Waals surface area contributed by atoms with Crippen LogP contribution in [0.2, 0.25) is 0 Å². The molecule has 0 aliphatic carbocycles. The second-order valence-corrected chi connectivity index (χ2v) is 7.48. The van der Waals surface area contributed by atoms with Gasteiger partial charge in [-0.3, -0.25) is 0 Å². The van der Waals surface area contributed by atoms with Gasteiger partial charge in [-0.05, 0) is 44.0 Å². The third-order valence-electron chi connectivity index (χ3n) is 3.77. The summed E-state index contributed by atoms with van der Waals surface area (Å²) in [6.07, 6.45) is 3.71. The number of likely N-dealkylation sites (tertiary alicyclic amines) is 1. The van der Waals surface area contributed by atoms with E-state index in [1.54, 1.807) is 0 Å². The summed E-state index contributed by atoms with van der Waals surface area (Å²) < 4.78 is 40.2. The Labute approximate surface area is 126 Å². The topological polar surface area (TPSA) is 49.4 Å². The quantitative estimate of drug-likeness (QED) is 0.876. The highest BCUT2D eigenvalue weighted by Crippen LogP contribution is 2.14. The summed E-state index contributed by atoms with van der Waals surface area (Å²) in [5, 5.41) is 0. The number of nitrogens with one attached hydrogen (secondary N) is 1. The third kappa shape index (κ3) is 4.76. The van der Waals surface area contributed by atoms with Crippen molar-refractivity contribution in [3.05, 3.63) is 30.1 Å². The Hall–Kier alpha value is -0.980. The lowest BCUT2D eigenvalue weighted by Gasteiger charge is -2.29. The molecule has 1 fully saturated rings. The molecule has 118 valence electrons. The van der Waals surface area contributed by atoms with Crippen molar-refractivity contribution < 1.29 is 12.8 Å². The molecule has 1 atom stereocenters. The minimum Gasteiger partial charge on any atom is -0.303 e. The molecule has 0 radical (unpaired) electrons. The normalized spacial score (nSPS) is 18.6. The van der Waals surface area contributed by atoms with Crippen molar-refractivity contribution in [3.63, 3.8) is 0 Å². The monoisotopic (exact) mass is 314 g/mol. The van der Waals surface area contributed by atoms with Gasteiger partial charge in [-0.1, -0.05) is 25.5 Å². The van der Waals surface area contributed by atoms with Crippen LogP contribution in [-0.2, 0) is 10.0 Å². The van der Waals surface area contributed by atoms with Crippen molar-refractivity contribution in [2.24, 2.45) is 5.92 Å². The first kappa shape index (κ1) is 16.4. The number of halogens is 1. The molecule has 0 saturated carbocycles. The lowest BCUT2D eigenvalue weighted by molar-refractivity contribution is 0.201. The van der Waals surface area contributed by atoms with E-state index in [1.165, 1.54) is 37.5 Å². The molecule has 21 heavy (non-hydrogen) atoms. The van der Waals surface area contributed by atoms with Crippen LogP contribution < -0.4 is 4.72 Å². The highest BCUT2D eigenvalue weighted by atomic mass is 32.2. The number of sulfonamides is 1. The number of piperidine rings is 1. The molecule has 0 aromatic heterocycles. The number of rotatable bonds is 6. The van der Waals surface area contributed by atoms with Crippen molar-refractivity contribution in [1.29, 1.82) is 0 Å². The molecular weight excluding hydrogens is 291 g/mol. The summed E-state index contributed by atoms with van der Waals surface area (Å²) in [6, 6.07) is 5.45. The summed E-state index contributed by atoms with van der Waals surface area (Å²) in [4.78, 5) is 2.08. The van der Waals surface area contributed by atoms with E-state index in [2.05, 4.69) is 9.62 Å². The Balaban J connectivity index is 1.88. The van der Waals surface area contributed by atoms with Gasteiger partial charge >= 0.3 is 0 Å². The van der Waals surface area contributed by atoms with Gasteiger partial charge in [0.1, 0.15) is 10.7 Å².